The van der Waals surface area contributed by atoms with Crippen LogP contribution < -0.4 is 0 Å². The van der Waals surface area contributed by atoms with Gasteiger partial charge < -0.3 is 9.42 Å². The van der Waals surface area contributed by atoms with E-state index in [1.165, 1.54) is 0 Å². The van der Waals surface area contributed by atoms with Gasteiger partial charge in [0.2, 0.25) is 5.91 Å². The molecule has 0 N–H and O–H groups in total. The van der Waals surface area contributed by atoms with E-state index in [1.54, 1.807) is 17.3 Å². The number of aromatic nitrogens is 2. The molecular weight excluding hydrogens is 338 g/mol. The maximum absolute atomic E-state index is 13.4. The maximum Gasteiger partial charge on any atom is 0.233 e. The highest BCUT2D eigenvalue weighted by atomic mass is 16.5. The number of likely N-dealkylation sites (N-methyl/N-ethyl adjacent to an activating group) is 1. The molecule has 1 aromatic carbocycles. The van der Waals surface area contributed by atoms with Crippen LogP contribution in [0.2, 0.25) is 0 Å². The molecule has 1 atom stereocenters. The van der Waals surface area contributed by atoms with E-state index in [4.69, 9.17) is 4.52 Å². The highest BCUT2D eigenvalue weighted by Gasteiger charge is 2.67. The molecule has 138 valence electrons. The molecule has 27 heavy (non-hydrogen) atoms. The molecule has 0 radical (unpaired) electrons. The Labute approximate surface area is 159 Å². The smallest absolute Gasteiger partial charge is 0.233 e. The summed E-state index contributed by atoms with van der Waals surface area (Å²) in [7, 11) is 1.83. The molecule has 5 nitrogen and oxygen atoms in total. The zero-order valence-corrected chi connectivity index (χ0v) is 15.8. The van der Waals surface area contributed by atoms with Crippen LogP contribution in [0, 0.1) is 5.41 Å². The van der Waals surface area contributed by atoms with Gasteiger partial charge in [-0.25, -0.2) is 0 Å². The molecule has 3 aromatic rings. The summed E-state index contributed by atoms with van der Waals surface area (Å²) in [5, 5.41) is 4.12. The number of rotatable bonds is 5. The molecule has 2 heterocycles. The molecular formula is C22H23N3O2. The normalized spacial score (nSPS) is 20.3. The summed E-state index contributed by atoms with van der Waals surface area (Å²) in [5.41, 5.74) is 2.26. The number of carbonyl (C=O) groups is 1. The van der Waals surface area contributed by atoms with Gasteiger partial charge in [-0.2, -0.15) is 0 Å². The zero-order chi connectivity index (χ0) is 19.1. The number of nitrogens with zero attached hydrogens (tertiary/aromatic N) is 3. The van der Waals surface area contributed by atoms with Crippen LogP contribution in [0.4, 0.5) is 0 Å². The van der Waals surface area contributed by atoms with Gasteiger partial charge >= 0.3 is 0 Å². The van der Waals surface area contributed by atoms with E-state index in [9.17, 15) is 4.79 Å². The van der Waals surface area contributed by atoms with E-state index in [2.05, 4.69) is 36.1 Å². The lowest BCUT2D eigenvalue weighted by Gasteiger charge is -2.26. The van der Waals surface area contributed by atoms with Crippen molar-refractivity contribution in [2.24, 2.45) is 5.41 Å². The third-order valence-electron chi connectivity index (χ3n) is 5.64. The van der Waals surface area contributed by atoms with Crippen molar-refractivity contribution in [3.8, 4) is 11.3 Å². The summed E-state index contributed by atoms with van der Waals surface area (Å²) >= 11 is 0. The molecule has 2 aromatic heterocycles. The fourth-order valence-corrected chi connectivity index (χ4v) is 4.00. The van der Waals surface area contributed by atoms with Gasteiger partial charge in [0.25, 0.3) is 0 Å². The van der Waals surface area contributed by atoms with Gasteiger partial charge in [0.1, 0.15) is 5.69 Å². The van der Waals surface area contributed by atoms with Crippen molar-refractivity contribution in [3.05, 3.63) is 72.2 Å². The minimum atomic E-state index is -0.461. The first kappa shape index (κ1) is 17.5. The monoisotopic (exact) mass is 361 g/mol. The molecule has 1 aliphatic rings. The molecule has 0 aliphatic heterocycles. The quantitative estimate of drug-likeness (QED) is 0.687. The Bertz CT molecular complexity index is 950. The summed E-state index contributed by atoms with van der Waals surface area (Å²) in [4.78, 5) is 19.1. The van der Waals surface area contributed by atoms with Crippen LogP contribution >= 0.6 is 0 Å². The lowest BCUT2D eigenvalue weighted by Crippen LogP contribution is -2.38. The van der Waals surface area contributed by atoms with Crippen molar-refractivity contribution in [2.75, 3.05) is 7.05 Å². The summed E-state index contributed by atoms with van der Waals surface area (Å²) in [5.74, 6) is 0.792. The first-order chi connectivity index (χ1) is 12.9. The van der Waals surface area contributed by atoms with E-state index in [0.717, 1.165) is 23.2 Å². The summed E-state index contributed by atoms with van der Waals surface area (Å²) in [6.07, 6.45) is 4.29. The topological polar surface area (TPSA) is 59.2 Å². The first-order valence-corrected chi connectivity index (χ1v) is 9.11. The molecule has 1 unspecified atom stereocenters. The largest absolute Gasteiger partial charge is 0.359 e. The number of carbonyl (C=O) groups excluding carboxylic acids is 1. The van der Waals surface area contributed by atoms with Crippen molar-refractivity contribution in [2.45, 2.75) is 32.2 Å². The molecule has 1 aliphatic carbocycles. The second-order valence-corrected chi connectivity index (χ2v) is 7.91. The van der Waals surface area contributed by atoms with Gasteiger partial charge in [-0.05, 0) is 29.5 Å². The standard InChI is InChI=1S/C22H23N3O2/c1-21(2)15-22(21,17-7-5-4-6-8-17)20(26)25(3)14-18-13-19(24-27-18)16-9-11-23-12-10-16/h4-13H,14-15H2,1-3H3. The average molecular weight is 361 g/mol. The lowest BCUT2D eigenvalue weighted by atomic mass is 9.86. The Morgan fingerprint density at radius 1 is 1.15 bits per heavy atom. The van der Waals surface area contributed by atoms with Crippen molar-refractivity contribution in [1.29, 1.82) is 0 Å². The first-order valence-electron chi connectivity index (χ1n) is 9.11. The lowest BCUT2D eigenvalue weighted by molar-refractivity contribution is -0.134. The van der Waals surface area contributed by atoms with Crippen LogP contribution in [0.1, 0.15) is 31.6 Å². The van der Waals surface area contributed by atoms with Gasteiger partial charge in [-0.3, -0.25) is 9.78 Å². The minimum absolute atomic E-state index is 0.0523. The number of amides is 1. The molecule has 0 bridgehead atoms. The Balaban J connectivity index is 1.54. The summed E-state index contributed by atoms with van der Waals surface area (Å²) in [6.45, 7) is 4.70. The molecule has 0 spiro atoms. The van der Waals surface area contributed by atoms with Gasteiger partial charge in [0, 0.05) is 31.1 Å². The Morgan fingerprint density at radius 2 is 1.81 bits per heavy atom. The van der Waals surface area contributed by atoms with Crippen LogP contribution in [0.5, 0.6) is 0 Å². The van der Waals surface area contributed by atoms with Gasteiger partial charge in [-0.15, -0.1) is 0 Å². The van der Waals surface area contributed by atoms with Gasteiger partial charge in [0.05, 0.1) is 12.0 Å². The Morgan fingerprint density at radius 3 is 2.44 bits per heavy atom. The number of hydrogen-bond donors (Lipinski definition) is 0. The molecule has 1 fully saturated rings. The van der Waals surface area contributed by atoms with Crippen LogP contribution in [-0.2, 0) is 16.8 Å². The van der Waals surface area contributed by atoms with Crippen molar-refractivity contribution in [3.63, 3.8) is 0 Å². The highest BCUT2D eigenvalue weighted by Crippen LogP contribution is 2.65. The average Bonchev–Trinajstić information content (AvgIpc) is 3.02. The van der Waals surface area contributed by atoms with E-state index in [1.807, 2.05) is 43.4 Å². The fourth-order valence-electron chi connectivity index (χ4n) is 4.00. The number of pyridine rings is 1. The number of hydrogen-bond acceptors (Lipinski definition) is 4. The van der Waals surface area contributed by atoms with Crippen LogP contribution in [0.3, 0.4) is 0 Å². The van der Waals surface area contributed by atoms with Crippen molar-refractivity contribution >= 4 is 5.91 Å². The van der Waals surface area contributed by atoms with Gasteiger partial charge in [-0.1, -0.05) is 49.3 Å². The van der Waals surface area contributed by atoms with Crippen LogP contribution in [0.25, 0.3) is 11.3 Å². The predicted molar refractivity (Wildman–Crippen MR) is 103 cm³/mol. The Hall–Kier alpha value is -2.95. The molecule has 4 rings (SSSR count). The van der Waals surface area contributed by atoms with Crippen LogP contribution in [0.15, 0.2) is 65.4 Å². The van der Waals surface area contributed by atoms with E-state index in [-0.39, 0.29) is 11.3 Å². The SMILES string of the molecule is CN(Cc1cc(-c2ccncc2)no1)C(=O)C1(c2ccccc2)CC1(C)C. The van der Waals surface area contributed by atoms with Crippen LogP contribution in [-0.4, -0.2) is 28.0 Å². The number of benzene rings is 1. The molecule has 5 heteroatoms. The highest BCUT2D eigenvalue weighted by molar-refractivity contribution is 5.93. The van der Waals surface area contributed by atoms with Crippen molar-refractivity contribution in [1.82, 2.24) is 15.0 Å². The summed E-state index contributed by atoms with van der Waals surface area (Å²) < 4.78 is 5.47. The van der Waals surface area contributed by atoms with Crippen molar-refractivity contribution < 1.29 is 9.32 Å². The predicted octanol–water partition coefficient (Wildman–Crippen LogP) is 4.06. The Kier molecular flexibility index (Phi) is 4.10. The molecule has 0 saturated heterocycles. The second-order valence-electron chi connectivity index (χ2n) is 7.91. The van der Waals surface area contributed by atoms with Gasteiger partial charge in [0.15, 0.2) is 5.76 Å². The maximum atomic E-state index is 13.4. The zero-order valence-electron chi connectivity index (χ0n) is 15.8. The second kappa shape index (κ2) is 6.34. The minimum Gasteiger partial charge on any atom is -0.359 e. The summed E-state index contributed by atoms with van der Waals surface area (Å²) in [6, 6.07) is 15.7. The molecule has 1 saturated carbocycles. The molecule has 1 amide bonds. The van der Waals surface area contributed by atoms with E-state index < -0.39 is 5.41 Å². The third-order valence-corrected chi connectivity index (χ3v) is 5.64. The van der Waals surface area contributed by atoms with E-state index >= 15 is 0 Å². The fraction of sp³-hybridized carbons (Fsp3) is 0.318. The third kappa shape index (κ3) is 2.93. The van der Waals surface area contributed by atoms with E-state index in [0.29, 0.717) is 12.3 Å².